The molecule has 3 nitrogen and oxygen atoms in total. The highest BCUT2D eigenvalue weighted by molar-refractivity contribution is 5.99. The van der Waals surface area contributed by atoms with Gasteiger partial charge in [0, 0.05) is 23.1 Å². The maximum absolute atomic E-state index is 12.0. The van der Waals surface area contributed by atoms with Crippen molar-refractivity contribution in [1.82, 2.24) is 4.98 Å². The second-order valence-electron chi connectivity index (χ2n) is 4.52. The van der Waals surface area contributed by atoms with Crippen molar-refractivity contribution in [1.29, 1.82) is 5.26 Å². The number of nitriles is 1. The number of Topliss-reactive ketones (excluding diaryl/α,β-unsaturated/α-hetero) is 1. The van der Waals surface area contributed by atoms with Crippen LogP contribution in [0.25, 0.3) is 10.9 Å². The van der Waals surface area contributed by atoms with Gasteiger partial charge in [-0.1, -0.05) is 6.07 Å². The molecule has 0 fully saturated rings. The molecule has 1 unspecified atom stereocenters. The minimum Gasteiger partial charge on any atom is -0.294 e. The number of fused-ring (bicyclic) bond motifs is 1. The lowest BCUT2D eigenvalue weighted by Gasteiger charge is -2.04. The summed E-state index contributed by atoms with van der Waals surface area (Å²) in [4.78, 5) is 16.3. The second-order valence-corrected chi connectivity index (χ2v) is 4.52. The van der Waals surface area contributed by atoms with E-state index in [0.29, 0.717) is 5.56 Å². The average molecular weight is 238 g/mol. The number of aromatic nitrogens is 1. The summed E-state index contributed by atoms with van der Waals surface area (Å²) in [7, 11) is 0. The van der Waals surface area contributed by atoms with Crippen LogP contribution in [0.2, 0.25) is 0 Å². The number of carbonyl (C=O) groups is 1. The predicted octanol–water partition coefficient (Wildman–Crippen LogP) is 3.28. The van der Waals surface area contributed by atoms with E-state index in [1.807, 2.05) is 31.2 Å². The number of hydrogen-bond donors (Lipinski definition) is 0. The van der Waals surface area contributed by atoms with Crippen molar-refractivity contribution in [2.24, 2.45) is 5.92 Å². The van der Waals surface area contributed by atoms with Crippen molar-refractivity contribution in [2.75, 3.05) is 0 Å². The standard InChI is InChI=1S/C15H14N2O/c1-10(9-16)7-15(18)13-5-6-14-12(8-13)4-3-11(2)17-14/h3-6,8,10H,7H2,1-2H3. The summed E-state index contributed by atoms with van der Waals surface area (Å²) in [6.07, 6.45) is 0.265. The maximum Gasteiger partial charge on any atom is 0.164 e. The molecule has 0 radical (unpaired) electrons. The highest BCUT2D eigenvalue weighted by Gasteiger charge is 2.11. The van der Waals surface area contributed by atoms with Crippen LogP contribution in [0.5, 0.6) is 0 Å². The zero-order chi connectivity index (χ0) is 13.1. The first-order valence-electron chi connectivity index (χ1n) is 5.90. The van der Waals surface area contributed by atoms with Gasteiger partial charge in [0.25, 0.3) is 0 Å². The van der Waals surface area contributed by atoms with Crippen LogP contribution in [0, 0.1) is 24.2 Å². The van der Waals surface area contributed by atoms with Crippen LogP contribution < -0.4 is 0 Å². The Labute approximate surface area is 106 Å². The lowest BCUT2D eigenvalue weighted by molar-refractivity contribution is 0.0973. The van der Waals surface area contributed by atoms with Crippen molar-refractivity contribution in [3.8, 4) is 6.07 Å². The number of ketones is 1. The molecule has 0 spiro atoms. The number of pyridine rings is 1. The first-order chi connectivity index (χ1) is 8.60. The van der Waals surface area contributed by atoms with Gasteiger partial charge < -0.3 is 0 Å². The fourth-order valence-corrected chi connectivity index (χ4v) is 1.84. The summed E-state index contributed by atoms with van der Waals surface area (Å²) >= 11 is 0. The quantitative estimate of drug-likeness (QED) is 0.771. The van der Waals surface area contributed by atoms with Crippen LogP contribution in [0.1, 0.15) is 29.4 Å². The largest absolute Gasteiger partial charge is 0.294 e. The zero-order valence-electron chi connectivity index (χ0n) is 10.5. The molecule has 1 aromatic carbocycles. The van der Waals surface area contributed by atoms with E-state index in [0.717, 1.165) is 16.6 Å². The van der Waals surface area contributed by atoms with Crippen LogP contribution >= 0.6 is 0 Å². The Morgan fingerprint density at radius 3 is 2.89 bits per heavy atom. The molecule has 1 aromatic heterocycles. The molecule has 0 N–H and O–H groups in total. The molecular formula is C15H14N2O. The molecular weight excluding hydrogens is 224 g/mol. The number of nitrogens with zero attached hydrogens (tertiary/aromatic N) is 2. The Morgan fingerprint density at radius 2 is 2.17 bits per heavy atom. The maximum atomic E-state index is 12.0. The van der Waals surface area contributed by atoms with Gasteiger partial charge in [0.1, 0.15) is 0 Å². The molecule has 0 bridgehead atoms. The Bertz CT molecular complexity index is 640. The molecule has 0 amide bonds. The number of hydrogen-bond acceptors (Lipinski definition) is 3. The van der Waals surface area contributed by atoms with Crippen molar-refractivity contribution in [3.63, 3.8) is 0 Å². The first-order valence-corrected chi connectivity index (χ1v) is 5.90. The predicted molar refractivity (Wildman–Crippen MR) is 70.2 cm³/mol. The van der Waals surface area contributed by atoms with E-state index in [4.69, 9.17) is 5.26 Å². The highest BCUT2D eigenvalue weighted by Crippen LogP contribution is 2.17. The third-order valence-electron chi connectivity index (χ3n) is 2.86. The summed E-state index contributed by atoms with van der Waals surface area (Å²) < 4.78 is 0. The lowest BCUT2D eigenvalue weighted by atomic mass is 9.99. The fourth-order valence-electron chi connectivity index (χ4n) is 1.84. The van der Waals surface area contributed by atoms with Gasteiger partial charge in [0.15, 0.2) is 5.78 Å². The molecule has 0 aliphatic rings. The minimum atomic E-state index is -0.246. The molecule has 0 saturated heterocycles. The topological polar surface area (TPSA) is 53.8 Å². The Morgan fingerprint density at radius 1 is 1.39 bits per heavy atom. The summed E-state index contributed by atoms with van der Waals surface area (Å²) in [6, 6.07) is 11.4. The summed E-state index contributed by atoms with van der Waals surface area (Å²) in [6.45, 7) is 3.69. The molecule has 18 heavy (non-hydrogen) atoms. The molecule has 2 aromatic rings. The molecule has 0 aliphatic heterocycles. The molecule has 1 heterocycles. The zero-order valence-corrected chi connectivity index (χ0v) is 10.5. The van der Waals surface area contributed by atoms with E-state index in [9.17, 15) is 4.79 Å². The van der Waals surface area contributed by atoms with E-state index >= 15 is 0 Å². The lowest BCUT2D eigenvalue weighted by Crippen LogP contribution is -2.04. The van der Waals surface area contributed by atoms with Crippen molar-refractivity contribution in [2.45, 2.75) is 20.3 Å². The van der Waals surface area contributed by atoms with Crippen molar-refractivity contribution in [3.05, 3.63) is 41.6 Å². The molecule has 1 atom stereocenters. The van der Waals surface area contributed by atoms with Crippen molar-refractivity contribution < 1.29 is 4.79 Å². The third kappa shape index (κ3) is 2.54. The normalized spacial score (nSPS) is 12.1. The van der Waals surface area contributed by atoms with Crippen LogP contribution in [-0.2, 0) is 0 Å². The van der Waals surface area contributed by atoms with E-state index < -0.39 is 0 Å². The summed E-state index contributed by atoms with van der Waals surface area (Å²) in [5.74, 6) is -0.240. The monoisotopic (exact) mass is 238 g/mol. The van der Waals surface area contributed by atoms with E-state index in [1.54, 1.807) is 13.0 Å². The van der Waals surface area contributed by atoms with Gasteiger partial charge in [-0.2, -0.15) is 5.26 Å². The summed E-state index contributed by atoms with van der Waals surface area (Å²) in [5.41, 5.74) is 2.50. The van der Waals surface area contributed by atoms with Crippen LogP contribution in [0.3, 0.4) is 0 Å². The first kappa shape index (κ1) is 12.3. The number of rotatable bonds is 3. The Kier molecular flexibility index (Phi) is 3.38. The highest BCUT2D eigenvalue weighted by atomic mass is 16.1. The minimum absolute atomic E-state index is 0.00604. The third-order valence-corrected chi connectivity index (χ3v) is 2.86. The van der Waals surface area contributed by atoms with E-state index in [1.165, 1.54) is 0 Å². The van der Waals surface area contributed by atoms with E-state index in [2.05, 4.69) is 11.1 Å². The van der Waals surface area contributed by atoms with Crippen LogP contribution in [0.15, 0.2) is 30.3 Å². The average Bonchev–Trinajstić information content (AvgIpc) is 2.37. The van der Waals surface area contributed by atoms with Gasteiger partial charge in [-0.3, -0.25) is 9.78 Å². The molecule has 0 saturated carbocycles. The fraction of sp³-hybridized carbons (Fsp3) is 0.267. The van der Waals surface area contributed by atoms with E-state index in [-0.39, 0.29) is 18.1 Å². The Balaban J connectivity index is 2.33. The smallest absolute Gasteiger partial charge is 0.164 e. The molecule has 2 rings (SSSR count). The van der Waals surface area contributed by atoms with Crippen LogP contribution in [0.4, 0.5) is 0 Å². The van der Waals surface area contributed by atoms with Gasteiger partial charge >= 0.3 is 0 Å². The van der Waals surface area contributed by atoms with Gasteiger partial charge in [-0.15, -0.1) is 0 Å². The SMILES string of the molecule is Cc1ccc2cc(C(=O)CC(C)C#N)ccc2n1. The summed E-state index contributed by atoms with van der Waals surface area (Å²) in [5, 5.41) is 9.68. The Hall–Kier alpha value is -2.21. The second kappa shape index (κ2) is 4.97. The van der Waals surface area contributed by atoms with Crippen LogP contribution in [-0.4, -0.2) is 10.8 Å². The number of benzene rings is 1. The van der Waals surface area contributed by atoms with Crippen molar-refractivity contribution >= 4 is 16.7 Å². The molecule has 0 aliphatic carbocycles. The van der Waals surface area contributed by atoms with Gasteiger partial charge in [-0.25, -0.2) is 0 Å². The van der Waals surface area contributed by atoms with Gasteiger partial charge in [0.05, 0.1) is 17.5 Å². The molecule has 90 valence electrons. The molecule has 3 heteroatoms. The van der Waals surface area contributed by atoms with Gasteiger partial charge in [0.2, 0.25) is 0 Å². The van der Waals surface area contributed by atoms with Gasteiger partial charge in [-0.05, 0) is 38.1 Å². The number of carbonyl (C=O) groups excluding carboxylic acids is 1. The number of aryl methyl sites for hydroxylation is 1.